The van der Waals surface area contributed by atoms with Crippen LogP contribution in [0.15, 0.2) is 12.2 Å². The van der Waals surface area contributed by atoms with Gasteiger partial charge in [-0.05, 0) is 51.4 Å². The molecule has 0 aromatic rings. The zero-order valence-corrected chi connectivity index (χ0v) is 13.7. The van der Waals surface area contributed by atoms with E-state index in [1.165, 1.54) is 44.9 Å². The highest BCUT2D eigenvalue weighted by molar-refractivity contribution is 5.87. The van der Waals surface area contributed by atoms with E-state index >= 15 is 0 Å². The van der Waals surface area contributed by atoms with Gasteiger partial charge >= 0.3 is 5.97 Å². The summed E-state index contributed by atoms with van der Waals surface area (Å²) in [5, 5.41) is 0. The van der Waals surface area contributed by atoms with Crippen molar-refractivity contribution in [3.63, 3.8) is 0 Å². The van der Waals surface area contributed by atoms with Gasteiger partial charge in [-0.15, -0.1) is 0 Å². The summed E-state index contributed by atoms with van der Waals surface area (Å²) < 4.78 is 6.03. The van der Waals surface area contributed by atoms with Gasteiger partial charge in [-0.3, -0.25) is 0 Å². The van der Waals surface area contributed by atoms with Crippen LogP contribution in [0, 0.1) is 5.92 Å². The van der Waals surface area contributed by atoms with Crippen LogP contribution in [-0.4, -0.2) is 11.6 Å². The molecule has 1 fully saturated rings. The second-order valence-corrected chi connectivity index (χ2v) is 6.40. The third-order valence-corrected chi connectivity index (χ3v) is 4.74. The lowest BCUT2D eigenvalue weighted by Crippen LogP contribution is -2.42. The molecule has 2 nitrogen and oxygen atoms in total. The molecular weight excluding hydrogens is 248 g/mol. The van der Waals surface area contributed by atoms with Crippen LogP contribution in [0.1, 0.15) is 85.0 Å². The Morgan fingerprint density at radius 2 is 1.80 bits per heavy atom. The predicted molar refractivity (Wildman–Crippen MR) is 84.6 cm³/mol. The molecule has 1 aliphatic rings. The molecule has 0 N–H and O–H groups in total. The normalized spacial score (nSPS) is 19.9. The number of unbranched alkanes of at least 4 members (excludes halogenated alkanes) is 1. The van der Waals surface area contributed by atoms with Crippen molar-refractivity contribution in [1.29, 1.82) is 0 Å². The maximum atomic E-state index is 12.1. The molecular formula is C18H32O2. The van der Waals surface area contributed by atoms with E-state index in [1.54, 1.807) is 6.92 Å². The quantitative estimate of drug-likeness (QED) is 0.354. The number of ether oxygens (including phenoxy) is 1. The first-order chi connectivity index (χ1) is 9.55. The number of rotatable bonds is 7. The molecule has 1 rings (SSSR count). The van der Waals surface area contributed by atoms with Crippen molar-refractivity contribution in [3.8, 4) is 0 Å². The fraction of sp³-hybridized carbons (Fsp3) is 0.833. The molecule has 1 unspecified atom stereocenters. The standard InChI is InChI=1S/C18H32O2/c1-5-7-12-16(6-2)18(20-17(19)15(3)4)13-10-8-9-11-14-18/h16H,3,5-14H2,1-2,4H3. The molecule has 0 saturated heterocycles. The lowest BCUT2D eigenvalue weighted by molar-refractivity contribution is -0.164. The number of esters is 1. The van der Waals surface area contributed by atoms with Gasteiger partial charge < -0.3 is 4.74 Å². The van der Waals surface area contributed by atoms with Crippen LogP contribution in [-0.2, 0) is 9.53 Å². The number of carbonyl (C=O) groups is 1. The van der Waals surface area contributed by atoms with Gasteiger partial charge in [0.2, 0.25) is 0 Å². The molecule has 2 heteroatoms. The molecule has 1 saturated carbocycles. The minimum Gasteiger partial charge on any atom is -0.455 e. The molecule has 0 bridgehead atoms. The summed E-state index contributed by atoms with van der Waals surface area (Å²) >= 11 is 0. The number of hydrogen-bond donors (Lipinski definition) is 0. The van der Waals surface area contributed by atoms with Crippen LogP contribution in [0.4, 0.5) is 0 Å². The predicted octanol–water partition coefficient (Wildman–Crippen LogP) is 5.42. The summed E-state index contributed by atoms with van der Waals surface area (Å²) in [6, 6.07) is 0. The highest BCUT2D eigenvalue weighted by Gasteiger charge is 2.41. The Morgan fingerprint density at radius 3 is 2.25 bits per heavy atom. The average Bonchev–Trinajstić information content (AvgIpc) is 2.66. The maximum Gasteiger partial charge on any atom is 0.333 e. The highest BCUT2D eigenvalue weighted by atomic mass is 16.6. The van der Waals surface area contributed by atoms with Crippen LogP contribution >= 0.6 is 0 Å². The molecule has 20 heavy (non-hydrogen) atoms. The first-order valence-electron chi connectivity index (χ1n) is 8.44. The van der Waals surface area contributed by atoms with Gasteiger partial charge in [0.15, 0.2) is 0 Å². The third-order valence-electron chi connectivity index (χ3n) is 4.74. The molecule has 0 heterocycles. The molecule has 116 valence electrons. The molecule has 0 spiro atoms. The maximum absolute atomic E-state index is 12.1. The van der Waals surface area contributed by atoms with Crippen LogP contribution in [0.5, 0.6) is 0 Å². The van der Waals surface area contributed by atoms with Crippen molar-refractivity contribution in [2.45, 2.75) is 90.6 Å². The average molecular weight is 280 g/mol. The van der Waals surface area contributed by atoms with Gasteiger partial charge in [-0.1, -0.05) is 46.1 Å². The Balaban J connectivity index is 2.90. The van der Waals surface area contributed by atoms with Gasteiger partial charge in [-0.25, -0.2) is 4.79 Å². The second-order valence-electron chi connectivity index (χ2n) is 6.40. The third kappa shape index (κ3) is 4.64. The van der Waals surface area contributed by atoms with Crippen molar-refractivity contribution in [1.82, 2.24) is 0 Å². The lowest BCUT2D eigenvalue weighted by atomic mass is 9.76. The molecule has 0 aromatic heterocycles. The van der Waals surface area contributed by atoms with Gasteiger partial charge in [0.05, 0.1) is 0 Å². The van der Waals surface area contributed by atoms with Gasteiger partial charge in [0.25, 0.3) is 0 Å². The van der Waals surface area contributed by atoms with E-state index in [1.807, 2.05) is 0 Å². The van der Waals surface area contributed by atoms with Crippen molar-refractivity contribution in [2.24, 2.45) is 5.92 Å². The smallest absolute Gasteiger partial charge is 0.333 e. The zero-order valence-electron chi connectivity index (χ0n) is 13.7. The lowest BCUT2D eigenvalue weighted by Gasteiger charge is -2.40. The van der Waals surface area contributed by atoms with Crippen LogP contribution in [0.2, 0.25) is 0 Å². The monoisotopic (exact) mass is 280 g/mol. The molecule has 1 atom stereocenters. The Kier molecular flexibility index (Phi) is 7.32. The van der Waals surface area contributed by atoms with Crippen LogP contribution in [0.3, 0.4) is 0 Å². The summed E-state index contributed by atoms with van der Waals surface area (Å²) in [5.41, 5.74) is 0.301. The number of hydrogen-bond acceptors (Lipinski definition) is 2. The van der Waals surface area contributed by atoms with E-state index in [4.69, 9.17) is 4.74 Å². The Bertz CT molecular complexity index is 311. The van der Waals surface area contributed by atoms with E-state index in [0.717, 1.165) is 19.3 Å². The van der Waals surface area contributed by atoms with E-state index in [2.05, 4.69) is 20.4 Å². The van der Waals surface area contributed by atoms with Gasteiger partial charge in [0.1, 0.15) is 5.60 Å². The topological polar surface area (TPSA) is 26.3 Å². The highest BCUT2D eigenvalue weighted by Crippen LogP contribution is 2.41. The minimum absolute atomic E-state index is 0.193. The summed E-state index contributed by atoms with van der Waals surface area (Å²) in [4.78, 5) is 12.1. The molecule has 0 amide bonds. The van der Waals surface area contributed by atoms with Crippen molar-refractivity contribution in [3.05, 3.63) is 12.2 Å². The van der Waals surface area contributed by atoms with Crippen molar-refractivity contribution >= 4 is 5.97 Å². The Hall–Kier alpha value is -0.790. The Morgan fingerprint density at radius 1 is 1.20 bits per heavy atom. The van der Waals surface area contributed by atoms with Crippen LogP contribution < -0.4 is 0 Å². The summed E-state index contributed by atoms with van der Waals surface area (Å²) in [6.07, 6.45) is 11.7. The van der Waals surface area contributed by atoms with Crippen LogP contribution in [0.25, 0.3) is 0 Å². The molecule has 0 radical (unpaired) electrons. The van der Waals surface area contributed by atoms with E-state index in [-0.39, 0.29) is 11.6 Å². The Labute approximate surface area is 125 Å². The van der Waals surface area contributed by atoms with Crippen molar-refractivity contribution in [2.75, 3.05) is 0 Å². The summed E-state index contributed by atoms with van der Waals surface area (Å²) in [7, 11) is 0. The van der Waals surface area contributed by atoms with E-state index in [0.29, 0.717) is 11.5 Å². The SMILES string of the molecule is C=C(C)C(=O)OC1(C(CC)CCCC)CCCCCC1. The van der Waals surface area contributed by atoms with Gasteiger partial charge in [-0.2, -0.15) is 0 Å². The molecule has 1 aliphatic carbocycles. The minimum atomic E-state index is -0.226. The van der Waals surface area contributed by atoms with Gasteiger partial charge in [0, 0.05) is 5.57 Å². The number of carbonyl (C=O) groups excluding carboxylic acids is 1. The van der Waals surface area contributed by atoms with Crippen molar-refractivity contribution < 1.29 is 9.53 Å². The first-order valence-corrected chi connectivity index (χ1v) is 8.44. The summed E-state index contributed by atoms with van der Waals surface area (Å²) in [5.74, 6) is 0.311. The molecule has 0 aliphatic heterocycles. The fourth-order valence-electron chi connectivity index (χ4n) is 3.48. The zero-order chi connectivity index (χ0) is 15.0. The van der Waals surface area contributed by atoms with E-state index in [9.17, 15) is 4.79 Å². The summed E-state index contributed by atoms with van der Waals surface area (Å²) in [6.45, 7) is 9.96. The second kappa shape index (κ2) is 8.49. The van der Waals surface area contributed by atoms with E-state index < -0.39 is 0 Å². The largest absolute Gasteiger partial charge is 0.455 e. The molecule has 0 aromatic carbocycles. The first kappa shape index (κ1) is 17.3. The fourth-order valence-corrected chi connectivity index (χ4v) is 3.48.